The van der Waals surface area contributed by atoms with Crippen LogP contribution in [-0.4, -0.2) is 16.4 Å². The summed E-state index contributed by atoms with van der Waals surface area (Å²) in [7, 11) is 0. The zero-order chi connectivity index (χ0) is 16.4. The summed E-state index contributed by atoms with van der Waals surface area (Å²) < 4.78 is 9.05. The molecular weight excluding hydrogens is 364 g/mol. The standard InChI is InChI=1S/C20H19BrN2O/c21-16-10-12-19-17(14-16)18(11-9-15-6-2-1-3-7-15)22-23(19)20-8-4-5-13-24-20/h1-3,6-7,9-12,14,20H,4-5,8,13H2/b11-9+. The summed E-state index contributed by atoms with van der Waals surface area (Å²) in [5.74, 6) is 0. The number of hydrogen-bond acceptors (Lipinski definition) is 2. The van der Waals surface area contributed by atoms with Crippen molar-refractivity contribution in [3.05, 3.63) is 64.3 Å². The second kappa shape index (κ2) is 6.91. The summed E-state index contributed by atoms with van der Waals surface area (Å²) in [5.41, 5.74) is 3.27. The Hall–Kier alpha value is -1.91. The SMILES string of the molecule is Brc1ccc2c(c1)c(/C=C/c1ccccc1)nn2C1CCCCO1. The van der Waals surface area contributed by atoms with E-state index in [0.717, 1.165) is 40.5 Å². The predicted molar refractivity (Wildman–Crippen MR) is 102 cm³/mol. The van der Waals surface area contributed by atoms with Gasteiger partial charge in [0.2, 0.25) is 0 Å². The number of halogens is 1. The molecule has 0 radical (unpaired) electrons. The molecule has 0 spiro atoms. The number of aromatic nitrogens is 2. The number of nitrogens with zero attached hydrogens (tertiary/aromatic N) is 2. The molecule has 0 N–H and O–H groups in total. The maximum Gasteiger partial charge on any atom is 0.150 e. The fraction of sp³-hybridized carbons (Fsp3) is 0.250. The average molecular weight is 383 g/mol. The second-order valence-electron chi connectivity index (χ2n) is 6.06. The quantitative estimate of drug-likeness (QED) is 0.583. The van der Waals surface area contributed by atoms with E-state index < -0.39 is 0 Å². The highest BCUT2D eigenvalue weighted by atomic mass is 79.9. The van der Waals surface area contributed by atoms with Crippen LogP contribution in [-0.2, 0) is 4.74 Å². The van der Waals surface area contributed by atoms with Crippen LogP contribution in [0.25, 0.3) is 23.1 Å². The topological polar surface area (TPSA) is 27.1 Å². The van der Waals surface area contributed by atoms with Gasteiger partial charge in [0, 0.05) is 16.5 Å². The molecule has 3 aromatic rings. The van der Waals surface area contributed by atoms with Crippen molar-refractivity contribution < 1.29 is 4.74 Å². The molecule has 1 atom stereocenters. The van der Waals surface area contributed by atoms with Gasteiger partial charge in [0.25, 0.3) is 0 Å². The van der Waals surface area contributed by atoms with Crippen LogP contribution in [0.1, 0.15) is 36.7 Å². The van der Waals surface area contributed by atoms with E-state index in [2.05, 4.69) is 58.4 Å². The monoisotopic (exact) mass is 382 g/mol. The second-order valence-corrected chi connectivity index (χ2v) is 6.97. The molecule has 0 amide bonds. The number of fused-ring (bicyclic) bond motifs is 1. The number of hydrogen-bond donors (Lipinski definition) is 0. The number of benzene rings is 2. The van der Waals surface area contributed by atoms with Gasteiger partial charge in [0.1, 0.15) is 0 Å². The molecule has 1 aliphatic heterocycles. The third-order valence-electron chi connectivity index (χ3n) is 4.36. The Morgan fingerprint density at radius 3 is 2.75 bits per heavy atom. The maximum atomic E-state index is 5.94. The average Bonchev–Trinajstić information content (AvgIpc) is 2.99. The van der Waals surface area contributed by atoms with E-state index in [-0.39, 0.29) is 6.23 Å². The lowest BCUT2D eigenvalue weighted by molar-refractivity contribution is -0.0367. The Bertz CT molecular complexity index is 864. The minimum atomic E-state index is 0.0429. The first kappa shape index (κ1) is 15.6. The molecule has 4 heteroatoms. The molecule has 4 rings (SSSR count). The number of rotatable bonds is 3. The van der Waals surface area contributed by atoms with E-state index in [1.165, 1.54) is 12.0 Å². The summed E-state index contributed by atoms with van der Waals surface area (Å²) in [4.78, 5) is 0. The zero-order valence-corrected chi connectivity index (χ0v) is 14.9. The van der Waals surface area contributed by atoms with Gasteiger partial charge >= 0.3 is 0 Å². The van der Waals surface area contributed by atoms with Gasteiger partial charge in [-0.05, 0) is 49.1 Å². The Morgan fingerprint density at radius 2 is 1.96 bits per heavy atom. The van der Waals surface area contributed by atoms with Gasteiger partial charge in [0.15, 0.2) is 6.23 Å². The van der Waals surface area contributed by atoms with E-state index in [1.807, 2.05) is 22.9 Å². The smallest absolute Gasteiger partial charge is 0.150 e. The Kier molecular flexibility index (Phi) is 4.50. The molecule has 24 heavy (non-hydrogen) atoms. The Morgan fingerprint density at radius 1 is 1.08 bits per heavy atom. The van der Waals surface area contributed by atoms with Gasteiger partial charge < -0.3 is 4.74 Å². The van der Waals surface area contributed by atoms with E-state index in [1.54, 1.807) is 0 Å². The minimum Gasteiger partial charge on any atom is -0.356 e. The van der Waals surface area contributed by atoms with Gasteiger partial charge in [-0.15, -0.1) is 0 Å². The highest BCUT2D eigenvalue weighted by Crippen LogP contribution is 2.30. The molecule has 1 aromatic heterocycles. The van der Waals surface area contributed by atoms with Gasteiger partial charge in [-0.1, -0.05) is 52.3 Å². The fourth-order valence-electron chi connectivity index (χ4n) is 3.14. The van der Waals surface area contributed by atoms with Crippen molar-refractivity contribution in [1.29, 1.82) is 0 Å². The van der Waals surface area contributed by atoms with Crippen molar-refractivity contribution in [2.24, 2.45) is 0 Å². The van der Waals surface area contributed by atoms with E-state index in [4.69, 9.17) is 9.84 Å². The molecule has 0 saturated carbocycles. The van der Waals surface area contributed by atoms with Crippen molar-refractivity contribution in [3.8, 4) is 0 Å². The zero-order valence-electron chi connectivity index (χ0n) is 13.4. The minimum absolute atomic E-state index is 0.0429. The number of ether oxygens (including phenoxy) is 1. The van der Waals surface area contributed by atoms with Crippen LogP contribution in [0, 0.1) is 0 Å². The predicted octanol–water partition coefficient (Wildman–Crippen LogP) is 5.67. The molecule has 1 fully saturated rings. The van der Waals surface area contributed by atoms with Crippen molar-refractivity contribution >= 4 is 39.0 Å². The fourth-order valence-corrected chi connectivity index (χ4v) is 3.50. The third-order valence-corrected chi connectivity index (χ3v) is 4.85. The lowest BCUT2D eigenvalue weighted by Crippen LogP contribution is -2.19. The van der Waals surface area contributed by atoms with Crippen LogP contribution < -0.4 is 0 Å². The molecule has 0 bridgehead atoms. The van der Waals surface area contributed by atoms with Crippen LogP contribution >= 0.6 is 15.9 Å². The molecule has 1 aliphatic rings. The molecule has 0 aliphatic carbocycles. The van der Waals surface area contributed by atoms with Crippen LogP contribution in [0.4, 0.5) is 0 Å². The molecule has 2 heterocycles. The summed E-state index contributed by atoms with van der Waals surface area (Å²) in [5, 5.41) is 6.00. The molecule has 1 unspecified atom stereocenters. The van der Waals surface area contributed by atoms with Crippen molar-refractivity contribution in [1.82, 2.24) is 9.78 Å². The first-order valence-electron chi connectivity index (χ1n) is 8.34. The van der Waals surface area contributed by atoms with Crippen molar-refractivity contribution in [2.75, 3.05) is 6.61 Å². The van der Waals surface area contributed by atoms with Crippen molar-refractivity contribution in [3.63, 3.8) is 0 Å². The van der Waals surface area contributed by atoms with Crippen molar-refractivity contribution in [2.45, 2.75) is 25.5 Å². The van der Waals surface area contributed by atoms with E-state index >= 15 is 0 Å². The van der Waals surface area contributed by atoms with Crippen LogP contribution in [0.3, 0.4) is 0 Å². The molecule has 3 nitrogen and oxygen atoms in total. The Labute approximate surface area is 150 Å². The lowest BCUT2D eigenvalue weighted by atomic mass is 10.1. The summed E-state index contributed by atoms with van der Waals surface area (Å²) >= 11 is 3.58. The normalized spacial score (nSPS) is 18.5. The molecular formula is C20H19BrN2O. The molecule has 1 saturated heterocycles. The highest BCUT2D eigenvalue weighted by molar-refractivity contribution is 9.10. The molecule has 2 aromatic carbocycles. The van der Waals surface area contributed by atoms with Gasteiger partial charge in [0.05, 0.1) is 11.2 Å². The van der Waals surface area contributed by atoms with Crippen LogP contribution in [0.15, 0.2) is 53.0 Å². The summed E-state index contributed by atoms with van der Waals surface area (Å²) in [6.45, 7) is 0.817. The van der Waals surface area contributed by atoms with Gasteiger partial charge in [-0.3, -0.25) is 0 Å². The summed E-state index contributed by atoms with van der Waals surface area (Å²) in [6, 6.07) is 16.6. The van der Waals surface area contributed by atoms with Crippen LogP contribution in [0.5, 0.6) is 0 Å². The summed E-state index contributed by atoms with van der Waals surface area (Å²) in [6.07, 6.45) is 7.59. The first-order valence-corrected chi connectivity index (χ1v) is 9.13. The largest absolute Gasteiger partial charge is 0.356 e. The van der Waals surface area contributed by atoms with Crippen LogP contribution in [0.2, 0.25) is 0 Å². The maximum absolute atomic E-state index is 5.94. The molecule has 122 valence electrons. The lowest BCUT2D eigenvalue weighted by Gasteiger charge is -2.23. The van der Waals surface area contributed by atoms with E-state index in [0.29, 0.717) is 0 Å². The van der Waals surface area contributed by atoms with Gasteiger partial charge in [-0.25, -0.2) is 4.68 Å². The first-order chi connectivity index (χ1) is 11.8. The van der Waals surface area contributed by atoms with Gasteiger partial charge in [-0.2, -0.15) is 5.10 Å². The Balaban J connectivity index is 1.77. The highest BCUT2D eigenvalue weighted by Gasteiger charge is 2.20. The third kappa shape index (κ3) is 3.17. The van der Waals surface area contributed by atoms with E-state index in [9.17, 15) is 0 Å².